The second kappa shape index (κ2) is 4.40. The van der Waals surface area contributed by atoms with Gasteiger partial charge >= 0.3 is 0 Å². The van der Waals surface area contributed by atoms with Crippen molar-refractivity contribution in [3.8, 4) is 16.9 Å². The zero-order valence-corrected chi connectivity index (χ0v) is 10.2. The summed E-state index contributed by atoms with van der Waals surface area (Å²) in [7, 11) is 0. The van der Waals surface area contributed by atoms with E-state index in [2.05, 4.69) is 0 Å². The first-order valence-electron chi connectivity index (χ1n) is 6.08. The molecule has 0 saturated heterocycles. The van der Waals surface area contributed by atoms with Crippen molar-refractivity contribution in [1.82, 2.24) is 0 Å². The number of carbonyl (C=O) groups is 1. The van der Waals surface area contributed by atoms with Crippen LogP contribution in [0.5, 0.6) is 5.75 Å². The number of amides is 1. The van der Waals surface area contributed by atoms with Crippen LogP contribution < -0.4 is 16.2 Å². The van der Waals surface area contributed by atoms with Crippen LogP contribution in [0.1, 0.15) is 11.6 Å². The normalized spacial score (nSPS) is 20.7. The fraction of sp³-hybridized carbons (Fsp3) is 0.133. The zero-order valence-electron chi connectivity index (χ0n) is 10.2. The first-order chi connectivity index (χ1) is 9.16. The van der Waals surface area contributed by atoms with Crippen molar-refractivity contribution in [2.24, 2.45) is 11.5 Å². The van der Waals surface area contributed by atoms with E-state index in [1.54, 1.807) is 0 Å². The molecule has 2 aromatic rings. The summed E-state index contributed by atoms with van der Waals surface area (Å²) in [6, 6.07) is 15.2. The van der Waals surface area contributed by atoms with Gasteiger partial charge in [0.25, 0.3) is 5.91 Å². The molecular weight excluding hydrogens is 240 g/mol. The summed E-state index contributed by atoms with van der Waals surface area (Å²) in [5, 5.41) is 0. The van der Waals surface area contributed by atoms with Gasteiger partial charge < -0.3 is 16.2 Å². The van der Waals surface area contributed by atoms with Crippen molar-refractivity contribution in [1.29, 1.82) is 0 Å². The van der Waals surface area contributed by atoms with Gasteiger partial charge in [0.15, 0.2) is 6.10 Å². The van der Waals surface area contributed by atoms with E-state index in [9.17, 15) is 4.79 Å². The number of benzene rings is 2. The maximum Gasteiger partial charge on any atom is 0.260 e. The number of ether oxygens (including phenoxy) is 1. The Morgan fingerprint density at radius 1 is 1.05 bits per heavy atom. The van der Waals surface area contributed by atoms with Gasteiger partial charge in [0.2, 0.25) is 0 Å². The van der Waals surface area contributed by atoms with Crippen LogP contribution in [-0.4, -0.2) is 12.0 Å². The molecular formula is C15H14N2O2. The van der Waals surface area contributed by atoms with E-state index in [4.69, 9.17) is 16.2 Å². The number of nitrogens with two attached hydrogens (primary N) is 2. The second-order valence-electron chi connectivity index (χ2n) is 4.59. The molecule has 96 valence electrons. The Morgan fingerprint density at radius 3 is 2.47 bits per heavy atom. The minimum atomic E-state index is -0.777. The SMILES string of the molecule is NC(=O)C1Oc2cc(-c3ccccc3)ccc2C1N. The summed E-state index contributed by atoms with van der Waals surface area (Å²) in [6.07, 6.45) is -0.777. The highest BCUT2D eigenvalue weighted by atomic mass is 16.5. The van der Waals surface area contributed by atoms with Gasteiger partial charge in [-0.25, -0.2) is 0 Å². The first-order valence-corrected chi connectivity index (χ1v) is 6.08. The first kappa shape index (κ1) is 11.7. The highest BCUT2D eigenvalue weighted by Crippen LogP contribution is 2.37. The lowest BCUT2D eigenvalue weighted by molar-refractivity contribution is -0.124. The number of carbonyl (C=O) groups excluding carboxylic acids is 1. The van der Waals surface area contributed by atoms with Gasteiger partial charge in [-0.2, -0.15) is 0 Å². The van der Waals surface area contributed by atoms with E-state index >= 15 is 0 Å². The van der Waals surface area contributed by atoms with Crippen LogP contribution in [0.4, 0.5) is 0 Å². The topological polar surface area (TPSA) is 78.3 Å². The third-order valence-electron chi connectivity index (χ3n) is 3.34. The minimum absolute atomic E-state index is 0.489. The van der Waals surface area contributed by atoms with Gasteiger partial charge in [-0.15, -0.1) is 0 Å². The van der Waals surface area contributed by atoms with Gasteiger partial charge in [-0.05, 0) is 17.2 Å². The molecule has 0 fully saturated rings. The monoisotopic (exact) mass is 254 g/mol. The molecule has 4 nitrogen and oxygen atoms in total. The fourth-order valence-corrected chi connectivity index (χ4v) is 2.33. The highest BCUT2D eigenvalue weighted by molar-refractivity contribution is 5.82. The zero-order chi connectivity index (χ0) is 13.4. The Morgan fingerprint density at radius 2 is 1.79 bits per heavy atom. The van der Waals surface area contributed by atoms with Gasteiger partial charge in [0.05, 0.1) is 6.04 Å². The molecule has 1 amide bonds. The van der Waals surface area contributed by atoms with E-state index in [0.717, 1.165) is 16.7 Å². The summed E-state index contributed by atoms with van der Waals surface area (Å²) >= 11 is 0. The fourth-order valence-electron chi connectivity index (χ4n) is 2.33. The Bertz CT molecular complexity index is 625. The lowest BCUT2D eigenvalue weighted by atomic mass is 9.99. The largest absolute Gasteiger partial charge is 0.478 e. The molecule has 19 heavy (non-hydrogen) atoms. The Labute approximate surface area is 111 Å². The van der Waals surface area contributed by atoms with Crippen LogP contribution in [0.15, 0.2) is 48.5 Å². The van der Waals surface area contributed by atoms with Crippen LogP contribution >= 0.6 is 0 Å². The van der Waals surface area contributed by atoms with Crippen LogP contribution in [-0.2, 0) is 4.79 Å². The summed E-state index contributed by atoms with van der Waals surface area (Å²) in [5.41, 5.74) is 14.2. The molecule has 1 heterocycles. The molecule has 4 N–H and O–H groups in total. The van der Waals surface area contributed by atoms with Gasteiger partial charge in [-0.3, -0.25) is 4.79 Å². The third-order valence-corrected chi connectivity index (χ3v) is 3.34. The van der Waals surface area contributed by atoms with E-state index in [1.807, 2.05) is 48.5 Å². The summed E-state index contributed by atoms with van der Waals surface area (Å²) in [6.45, 7) is 0. The predicted octanol–water partition coefficient (Wildman–Crippen LogP) is 1.60. The van der Waals surface area contributed by atoms with Crippen LogP contribution in [0.3, 0.4) is 0 Å². The molecule has 3 rings (SSSR count). The smallest absolute Gasteiger partial charge is 0.260 e. The lowest BCUT2D eigenvalue weighted by Gasteiger charge is -2.09. The van der Waals surface area contributed by atoms with Crippen molar-refractivity contribution in [3.05, 3.63) is 54.1 Å². The average Bonchev–Trinajstić information content (AvgIpc) is 2.77. The number of fused-ring (bicyclic) bond motifs is 1. The molecule has 0 saturated carbocycles. The molecule has 1 aliphatic rings. The summed E-state index contributed by atoms with van der Waals surface area (Å²) in [4.78, 5) is 11.3. The Hall–Kier alpha value is -2.33. The van der Waals surface area contributed by atoms with Crippen molar-refractivity contribution in [2.75, 3.05) is 0 Å². The van der Waals surface area contributed by atoms with E-state index < -0.39 is 18.1 Å². The molecule has 2 atom stereocenters. The van der Waals surface area contributed by atoms with Crippen LogP contribution in [0, 0.1) is 0 Å². The maximum atomic E-state index is 11.3. The molecule has 0 aliphatic carbocycles. The molecule has 2 aromatic carbocycles. The minimum Gasteiger partial charge on any atom is -0.478 e. The van der Waals surface area contributed by atoms with Gasteiger partial charge in [0.1, 0.15) is 5.75 Å². The molecule has 0 spiro atoms. The van der Waals surface area contributed by atoms with Crippen LogP contribution in [0.25, 0.3) is 11.1 Å². The number of hydrogen-bond donors (Lipinski definition) is 2. The van der Waals surface area contributed by atoms with Crippen molar-refractivity contribution >= 4 is 5.91 Å². The van der Waals surface area contributed by atoms with E-state index in [-0.39, 0.29) is 0 Å². The quantitative estimate of drug-likeness (QED) is 0.854. The van der Waals surface area contributed by atoms with Gasteiger partial charge in [0, 0.05) is 5.56 Å². The Balaban J connectivity index is 2.00. The van der Waals surface area contributed by atoms with Crippen molar-refractivity contribution in [3.63, 3.8) is 0 Å². The van der Waals surface area contributed by atoms with Crippen molar-refractivity contribution < 1.29 is 9.53 Å². The van der Waals surface area contributed by atoms with E-state index in [1.165, 1.54) is 0 Å². The second-order valence-corrected chi connectivity index (χ2v) is 4.59. The maximum absolute atomic E-state index is 11.3. The summed E-state index contributed by atoms with van der Waals surface area (Å²) < 4.78 is 5.54. The average molecular weight is 254 g/mol. The van der Waals surface area contributed by atoms with Gasteiger partial charge in [-0.1, -0.05) is 42.5 Å². The molecule has 0 bridgehead atoms. The summed E-state index contributed by atoms with van der Waals surface area (Å²) in [5.74, 6) is 0.0996. The highest BCUT2D eigenvalue weighted by Gasteiger charge is 2.35. The third kappa shape index (κ3) is 1.96. The van der Waals surface area contributed by atoms with Crippen LogP contribution in [0.2, 0.25) is 0 Å². The molecule has 0 radical (unpaired) electrons. The van der Waals surface area contributed by atoms with E-state index in [0.29, 0.717) is 5.75 Å². The number of primary amides is 1. The molecule has 4 heteroatoms. The lowest BCUT2D eigenvalue weighted by Crippen LogP contribution is -2.38. The standard InChI is InChI=1S/C15H14N2O2/c16-13-11-7-6-10(9-4-2-1-3-5-9)8-12(11)19-14(13)15(17)18/h1-8,13-14H,16H2,(H2,17,18). The molecule has 0 aromatic heterocycles. The predicted molar refractivity (Wildman–Crippen MR) is 72.4 cm³/mol. The number of hydrogen-bond acceptors (Lipinski definition) is 3. The number of rotatable bonds is 2. The van der Waals surface area contributed by atoms with Crippen molar-refractivity contribution in [2.45, 2.75) is 12.1 Å². The molecule has 2 unspecified atom stereocenters. The molecule has 1 aliphatic heterocycles. The Kier molecular flexibility index (Phi) is 2.72.